The van der Waals surface area contributed by atoms with Crippen LogP contribution in [0.2, 0.25) is 0 Å². The molecular weight excluding hydrogens is 330 g/mol. The number of hydrogen-bond donors (Lipinski definition) is 2. The molecule has 116 valence electrons. The van der Waals surface area contributed by atoms with Gasteiger partial charge >= 0.3 is 0 Å². The van der Waals surface area contributed by atoms with Gasteiger partial charge in [0, 0.05) is 22.6 Å². The van der Waals surface area contributed by atoms with Crippen molar-refractivity contribution in [2.45, 2.75) is 63.6 Å². The van der Waals surface area contributed by atoms with Crippen molar-refractivity contribution in [3.63, 3.8) is 0 Å². The third kappa shape index (κ3) is 3.99. The molecule has 3 rings (SSSR count). The molecule has 21 heavy (non-hydrogen) atoms. The standard InChI is InChI=1S/C17H24BrNO2/c1-12-8-14(18)9-13(10-19-15-4-5-15)16(12)21-11-17(20)6-2-3-7-17/h8-9,15,19-20H,2-7,10-11H2,1H3. The Labute approximate surface area is 135 Å². The predicted octanol–water partition coefficient (Wildman–Crippen LogP) is 3.69. The van der Waals surface area contributed by atoms with Gasteiger partial charge in [0.25, 0.3) is 0 Å². The summed E-state index contributed by atoms with van der Waals surface area (Å²) in [6.45, 7) is 3.31. The van der Waals surface area contributed by atoms with Crippen LogP contribution in [0.25, 0.3) is 0 Å². The van der Waals surface area contributed by atoms with E-state index in [4.69, 9.17) is 4.74 Å². The van der Waals surface area contributed by atoms with Gasteiger partial charge in [-0.15, -0.1) is 0 Å². The van der Waals surface area contributed by atoms with Gasteiger partial charge in [-0.3, -0.25) is 0 Å². The molecule has 1 aromatic rings. The Balaban J connectivity index is 1.71. The number of aliphatic hydroxyl groups is 1. The van der Waals surface area contributed by atoms with Gasteiger partial charge < -0.3 is 15.2 Å². The number of hydrogen-bond acceptors (Lipinski definition) is 3. The zero-order valence-corrected chi connectivity index (χ0v) is 14.2. The summed E-state index contributed by atoms with van der Waals surface area (Å²) >= 11 is 3.57. The minimum Gasteiger partial charge on any atom is -0.490 e. The molecule has 0 bridgehead atoms. The lowest BCUT2D eigenvalue weighted by atomic mass is 10.0. The number of benzene rings is 1. The maximum Gasteiger partial charge on any atom is 0.126 e. The average Bonchev–Trinajstić information content (AvgIpc) is 3.16. The van der Waals surface area contributed by atoms with Crippen LogP contribution >= 0.6 is 15.9 Å². The van der Waals surface area contributed by atoms with E-state index in [9.17, 15) is 5.11 Å². The van der Waals surface area contributed by atoms with E-state index >= 15 is 0 Å². The Kier molecular flexibility index (Phi) is 4.57. The van der Waals surface area contributed by atoms with Crippen LogP contribution in [0.4, 0.5) is 0 Å². The SMILES string of the molecule is Cc1cc(Br)cc(CNC2CC2)c1OCC1(O)CCCC1. The number of aryl methyl sites for hydroxylation is 1. The van der Waals surface area contributed by atoms with Crippen molar-refractivity contribution in [3.8, 4) is 5.75 Å². The van der Waals surface area contributed by atoms with Crippen LogP contribution in [0.1, 0.15) is 49.7 Å². The van der Waals surface area contributed by atoms with Gasteiger partial charge in [0.05, 0.1) is 5.60 Å². The van der Waals surface area contributed by atoms with E-state index < -0.39 is 5.60 Å². The lowest BCUT2D eigenvalue weighted by molar-refractivity contribution is 0.000915. The van der Waals surface area contributed by atoms with Crippen LogP contribution in [0.5, 0.6) is 5.75 Å². The first kappa shape index (κ1) is 15.3. The zero-order valence-electron chi connectivity index (χ0n) is 12.6. The summed E-state index contributed by atoms with van der Waals surface area (Å²) in [4.78, 5) is 0. The summed E-state index contributed by atoms with van der Waals surface area (Å²) in [5, 5.41) is 14.0. The maximum atomic E-state index is 10.5. The van der Waals surface area contributed by atoms with Crippen molar-refractivity contribution in [3.05, 3.63) is 27.7 Å². The highest BCUT2D eigenvalue weighted by atomic mass is 79.9. The first-order chi connectivity index (χ1) is 10.1. The van der Waals surface area contributed by atoms with Crippen LogP contribution in [-0.2, 0) is 6.54 Å². The van der Waals surface area contributed by atoms with E-state index in [1.807, 2.05) is 0 Å². The largest absolute Gasteiger partial charge is 0.490 e. The molecule has 2 fully saturated rings. The predicted molar refractivity (Wildman–Crippen MR) is 87.7 cm³/mol. The van der Waals surface area contributed by atoms with Crippen LogP contribution in [0, 0.1) is 6.92 Å². The molecule has 2 aliphatic rings. The Hall–Kier alpha value is -0.580. The van der Waals surface area contributed by atoms with Gasteiger partial charge in [-0.2, -0.15) is 0 Å². The molecule has 0 saturated heterocycles. The van der Waals surface area contributed by atoms with Crippen molar-refractivity contribution >= 4 is 15.9 Å². The monoisotopic (exact) mass is 353 g/mol. The van der Waals surface area contributed by atoms with E-state index in [0.717, 1.165) is 48.0 Å². The van der Waals surface area contributed by atoms with E-state index in [0.29, 0.717) is 12.6 Å². The van der Waals surface area contributed by atoms with Crippen molar-refractivity contribution in [2.24, 2.45) is 0 Å². The van der Waals surface area contributed by atoms with E-state index in [1.54, 1.807) is 0 Å². The fraction of sp³-hybridized carbons (Fsp3) is 0.647. The molecule has 2 N–H and O–H groups in total. The van der Waals surface area contributed by atoms with Crippen LogP contribution in [-0.4, -0.2) is 23.4 Å². The molecule has 0 heterocycles. The van der Waals surface area contributed by atoms with Crippen LogP contribution in [0.15, 0.2) is 16.6 Å². The summed E-state index contributed by atoms with van der Waals surface area (Å²) in [6, 6.07) is 4.88. The summed E-state index contributed by atoms with van der Waals surface area (Å²) in [7, 11) is 0. The second-order valence-corrected chi connectivity index (χ2v) is 7.50. The van der Waals surface area contributed by atoms with Crippen molar-refractivity contribution < 1.29 is 9.84 Å². The number of rotatable bonds is 6. The second kappa shape index (κ2) is 6.27. The van der Waals surface area contributed by atoms with Crippen molar-refractivity contribution in [1.29, 1.82) is 0 Å². The molecular formula is C17H24BrNO2. The van der Waals surface area contributed by atoms with Crippen molar-refractivity contribution in [2.75, 3.05) is 6.61 Å². The first-order valence-corrected chi connectivity index (χ1v) is 8.73. The highest BCUT2D eigenvalue weighted by molar-refractivity contribution is 9.10. The van der Waals surface area contributed by atoms with E-state index in [1.165, 1.54) is 18.4 Å². The summed E-state index contributed by atoms with van der Waals surface area (Å²) in [6.07, 6.45) is 6.49. The maximum absolute atomic E-state index is 10.5. The van der Waals surface area contributed by atoms with E-state index in [2.05, 4.69) is 40.3 Å². The quantitative estimate of drug-likeness (QED) is 0.819. The normalized spacial score (nSPS) is 20.7. The van der Waals surface area contributed by atoms with Gasteiger partial charge in [-0.05, 0) is 50.3 Å². The molecule has 0 aliphatic heterocycles. The Morgan fingerprint density at radius 3 is 2.71 bits per heavy atom. The summed E-state index contributed by atoms with van der Waals surface area (Å²) in [5.41, 5.74) is 1.68. The molecule has 2 aliphatic carbocycles. The van der Waals surface area contributed by atoms with Gasteiger partial charge in [0.2, 0.25) is 0 Å². The molecule has 0 radical (unpaired) electrons. The Morgan fingerprint density at radius 2 is 2.05 bits per heavy atom. The summed E-state index contributed by atoms with van der Waals surface area (Å²) in [5.74, 6) is 0.937. The highest BCUT2D eigenvalue weighted by Crippen LogP contribution is 2.33. The Morgan fingerprint density at radius 1 is 1.33 bits per heavy atom. The lowest BCUT2D eigenvalue weighted by Gasteiger charge is -2.24. The van der Waals surface area contributed by atoms with E-state index in [-0.39, 0.29) is 0 Å². The average molecular weight is 354 g/mol. The minimum absolute atomic E-state index is 0.409. The molecule has 3 nitrogen and oxygen atoms in total. The van der Waals surface area contributed by atoms with Crippen molar-refractivity contribution in [1.82, 2.24) is 5.32 Å². The number of halogens is 1. The molecule has 0 aromatic heterocycles. The zero-order chi connectivity index (χ0) is 14.9. The molecule has 0 atom stereocenters. The Bertz CT molecular complexity index is 508. The molecule has 0 spiro atoms. The fourth-order valence-electron chi connectivity index (χ4n) is 3.06. The highest BCUT2D eigenvalue weighted by Gasteiger charge is 2.32. The second-order valence-electron chi connectivity index (χ2n) is 6.59. The van der Waals surface area contributed by atoms with Gasteiger partial charge in [0.1, 0.15) is 12.4 Å². The van der Waals surface area contributed by atoms with Crippen LogP contribution < -0.4 is 10.1 Å². The fourth-order valence-corrected chi connectivity index (χ4v) is 3.68. The van der Waals surface area contributed by atoms with Gasteiger partial charge in [0.15, 0.2) is 0 Å². The molecule has 4 heteroatoms. The smallest absolute Gasteiger partial charge is 0.126 e. The molecule has 1 aromatic carbocycles. The number of nitrogens with one attached hydrogen (secondary N) is 1. The summed E-state index contributed by atoms with van der Waals surface area (Å²) < 4.78 is 7.13. The number of ether oxygens (including phenoxy) is 1. The third-order valence-corrected chi connectivity index (χ3v) is 4.95. The van der Waals surface area contributed by atoms with Gasteiger partial charge in [-0.25, -0.2) is 0 Å². The molecule has 2 saturated carbocycles. The molecule has 0 unspecified atom stereocenters. The third-order valence-electron chi connectivity index (χ3n) is 4.49. The van der Waals surface area contributed by atoms with Crippen LogP contribution in [0.3, 0.4) is 0 Å². The lowest BCUT2D eigenvalue weighted by Crippen LogP contribution is -2.32. The minimum atomic E-state index is -0.624. The topological polar surface area (TPSA) is 41.5 Å². The first-order valence-electron chi connectivity index (χ1n) is 7.93. The van der Waals surface area contributed by atoms with Gasteiger partial charge in [-0.1, -0.05) is 28.8 Å². The molecule has 0 amide bonds.